The SMILES string of the molecule is CN(C(=O)C(C)(C)c1cc(C(F)(F)F)cc(C(F)(F)F)c1)C1CN(C(=O)N2CCOCC2)CC1c1ccccc1. The number of halogens is 6. The summed E-state index contributed by atoms with van der Waals surface area (Å²) in [5.41, 5.74) is -4.24. The Balaban J connectivity index is 1.67. The van der Waals surface area contributed by atoms with E-state index >= 15 is 0 Å². The summed E-state index contributed by atoms with van der Waals surface area (Å²) in [5, 5.41) is 0. The summed E-state index contributed by atoms with van der Waals surface area (Å²) in [7, 11) is 1.48. The molecule has 218 valence electrons. The molecule has 2 atom stereocenters. The van der Waals surface area contributed by atoms with Crippen LogP contribution in [0.1, 0.15) is 42.0 Å². The lowest BCUT2D eigenvalue weighted by Crippen LogP contribution is -2.50. The highest BCUT2D eigenvalue weighted by Gasteiger charge is 2.46. The lowest BCUT2D eigenvalue weighted by atomic mass is 9.80. The van der Waals surface area contributed by atoms with Gasteiger partial charge in [-0.3, -0.25) is 4.79 Å². The molecule has 3 amide bonds. The van der Waals surface area contributed by atoms with Gasteiger partial charge in [-0.25, -0.2) is 4.79 Å². The monoisotopic (exact) mass is 571 g/mol. The fraction of sp³-hybridized carbons (Fsp3) is 0.500. The molecule has 0 aromatic heterocycles. The highest BCUT2D eigenvalue weighted by Crippen LogP contribution is 2.40. The number of urea groups is 1. The lowest BCUT2D eigenvalue weighted by Gasteiger charge is -2.36. The Morgan fingerprint density at radius 3 is 1.88 bits per heavy atom. The molecule has 0 bridgehead atoms. The van der Waals surface area contributed by atoms with Crippen LogP contribution in [0, 0.1) is 0 Å². The molecule has 0 aliphatic carbocycles. The van der Waals surface area contributed by atoms with Crippen LogP contribution in [-0.2, 0) is 27.3 Å². The van der Waals surface area contributed by atoms with Gasteiger partial charge in [-0.2, -0.15) is 26.3 Å². The van der Waals surface area contributed by atoms with Gasteiger partial charge in [0.15, 0.2) is 0 Å². The first kappa shape index (κ1) is 29.7. The van der Waals surface area contributed by atoms with Crippen molar-refractivity contribution in [1.29, 1.82) is 0 Å². The van der Waals surface area contributed by atoms with E-state index in [1.165, 1.54) is 25.8 Å². The van der Waals surface area contributed by atoms with Crippen molar-refractivity contribution in [3.05, 3.63) is 70.8 Å². The summed E-state index contributed by atoms with van der Waals surface area (Å²) >= 11 is 0. The minimum absolute atomic E-state index is 0.0469. The normalized spacial score (nSPS) is 20.5. The number of rotatable bonds is 4. The van der Waals surface area contributed by atoms with Gasteiger partial charge in [0.2, 0.25) is 5.91 Å². The zero-order valence-electron chi connectivity index (χ0n) is 22.4. The van der Waals surface area contributed by atoms with Crippen LogP contribution in [-0.4, -0.2) is 79.1 Å². The van der Waals surface area contributed by atoms with Gasteiger partial charge in [-0.1, -0.05) is 30.3 Å². The van der Waals surface area contributed by atoms with E-state index in [1.54, 1.807) is 9.80 Å². The number of hydrogen-bond donors (Lipinski definition) is 0. The van der Waals surface area contributed by atoms with E-state index in [9.17, 15) is 35.9 Å². The fourth-order valence-electron chi connectivity index (χ4n) is 5.35. The predicted molar refractivity (Wildman–Crippen MR) is 135 cm³/mol. The highest BCUT2D eigenvalue weighted by molar-refractivity contribution is 5.88. The van der Waals surface area contributed by atoms with Gasteiger partial charge >= 0.3 is 18.4 Å². The van der Waals surface area contributed by atoms with Crippen LogP contribution in [0.25, 0.3) is 0 Å². The average molecular weight is 572 g/mol. The molecule has 2 aliphatic rings. The predicted octanol–water partition coefficient (Wildman–Crippen LogP) is 5.38. The maximum Gasteiger partial charge on any atom is 0.416 e. The van der Waals surface area contributed by atoms with Gasteiger partial charge in [0.25, 0.3) is 0 Å². The van der Waals surface area contributed by atoms with Crippen LogP contribution in [0.3, 0.4) is 0 Å². The molecule has 2 aromatic rings. The molecule has 0 N–H and O–H groups in total. The molecule has 2 saturated heterocycles. The quantitative estimate of drug-likeness (QED) is 0.464. The molecule has 4 rings (SSSR count). The van der Waals surface area contributed by atoms with E-state index in [0.717, 1.165) is 5.56 Å². The number of ether oxygens (including phenoxy) is 1. The summed E-state index contributed by atoms with van der Waals surface area (Å²) in [6.07, 6.45) is -10.1. The van der Waals surface area contributed by atoms with Crippen molar-refractivity contribution in [2.24, 2.45) is 0 Å². The molecule has 2 heterocycles. The lowest BCUT2D eigenvalue weighted by molar-refractivity contribution is -0.144. The van der Waals surface area contributed by atoms with E-state index in [1.807, 2.05) is 30.3 Å². The van der Waals surface area contributed by atoms with Crippen LogP contribution in [0.5, 0.6) is 0 Å². The number of nitrogens with zero attached hydrogens (tertiary/aromatic N) is 3. The minimum Gasteiger partial charge on any atom is -0.378 e. The molecule has 2 aromatic carbocycles. The van der Waals surface area contributed by atoms with Gasteiger partial charge in [-0.05, 0) is 43.2 Å². The van der Waals surface area contributed by atoms with E-state index in [-0.39, 0.29) is 24.6 Å². The smallest absolute Gasteiger partial charge is 0.378 e. The third-order valence-electron chi connectivity index (χ3n) is 7.73. The molecule has 12 heteroatoms. The topological polar surface area (TPSA) is 53.1 Å². The van der Waals surface area contributed by atoms with Gasteiger partial charge in [-0.15, -0.1) is 0 Å². The van der Waals surface area contributed by atoms with Crippen LogP contribution in [0.2, 0.25) is 0 Å². The molecule has 2 unspecified atom stereocenters. The first-order valence-electron chi connectivity index (χ1n) is 12.8. The van der Waals surface area contributed by atoms with Crippen molar-refractivity contribution in [2.45, 2.75) is 43.6 Å². The average Bonchev–Trinajstić information content (AvgIpc) is 3.37. The van der Waals surface area contributed by atoms with Crippen LogP contribution in [0.4, 0.5) is 31.1 Å². The number of hydrogen-bond acceptors (Lipinski definition) is 3. The molecular formula is C28H31F6N3O3. The molecule has 6 nitrogen and oxygen atoms in total. The zero-order valence-corrected chi connectivity index (χ0v) is 22.4. The number of carbonyl (C=O) groups is 2. The summed E-state index contributed by atoms with van der Waals surface area (Å²) < 4.78 is 86.5. The van der Waals surface area contributed by atoms with E-state index < -0.39 is 46.4 Å². The molecule has 40 heavy (non-hydrogen) atoms. The third kappa shape index (κ3) is 6.06. The van der Waals surface area contributed by atoms with Crippen LogP contribution < -0.4 is 0 Å². The van der Waals surface area contributed by atoms with Crippen molar-refractivity contribution in [1.82, 2.24) is 14.7 Å². The second kappa shape index (κ2) is 10.9. The number of alkyl halides is 6. The van der Waals surface area contributed by atoms with E-state index in [4.69, 9.17) is 4.74 Å². The van der Waals surface area contributed by atoms with Crippen molar-refractivity contribution in [3.63, 3.8) is 0 Å². The van der Waals surface area contributed by atoms with Gasteiger partial charge in [0, 0.05) is 39.1 Å². The van der Waals surface area contributed by atoms with Crippen LogP contribution in [0.15, 0.2) is 48.5 Å². The largest absolute Gasteiger partial charge is 0.416 e. The van der Waals surface area contributed by atoms with Crippen molar-refractivity contribution in [2.75, 3.05) is 46.4 Å². The maximum atomic E-state index is 13.9. The number of likely N-dealkylation sites (N-methyl/N-ethyl adjacent to an activating group) is 1. The molecular weight excluding hydrogens is 540 g/mol. The molecule has 2 aliphatic heterocycles. The maximum absolute atomic E-state index is 13.9. The summed E-state index contributed by atoms with van der Waals surface area (Å²) in [4.78, 5) is 31.8. The number of carbonyl (C=O) groups excluding carboxylic acids is 2. The molecule has 0 radical (unpaired) electrons. The summed E-state index contributed by atoms with van der Waals surface area (Å²) in [6.45, 7) is 4.75. The molecule has 0 spiro atoms. The molecule has 2 fully saturated rings. The number of likely N-dealkylation sites (tertiary alicyclic amines) is 1. The first-order chi connectivity index (χ1) is 18.6. The fourth-order valence-corrected chi connectivity index (χ4v) is 5.35. The Labute approximate surface area is 228 Å². The Morgan fingerprint density at radius 2 is 1.35 bits per heavy atom. The Bertz CT molecular complexity index is 1190. The second-order valence-electron chi connectivity index (χ2n) is 10.7. The highest BCUT2D eigenvalue weighted by atomic mass is 19.4. The number of morpholine rings is 1. The number of amides is 3. The Hall–Kier alpha value is -3.28. The minimum atomic E-state index is -5.04. The number of benzene rings is 2. The standard InChI is InChI=1S/C28H31F6N3O3/c1-26(2,19-13-20(27(29,30)31)15-21(14-19)28(32,33)34)24(38)35(3)23-17-37(25(39)36-9-11-40-12-10-36)16-22(23)18-7-5-4-6-8-18/h4-8,13-15,22-23H,9-12,16-17H2,1-3H3. The van der Waals surface area contributed by atoms with Crippen molar-refractivity contribution < 1.29 is 40.7 Å². The molecule has 0 saturated carbocycles. The third-order valence-corrected chi connectivity index (χ3v) is 7.73. The van der Waals surface area contributed by atoms with Gasteiger partial charge in [0.1, 0.15) is 0 Å². The Morgan fingerprint density at radius 1 is 0.825 bits per heavy atom. The first-order valence-corrected chi connectivity index (χ1v) is 12.8. The summed E-state index contributed by atoms with van der Waals surface area (Å²) in [6, 6.07) is 9.68. The van der Waals surface area contributed by atoms with Crippen molar-refractivity contribution >= 4 is 11.9 Å². The summed E-state index contributed by atoms with van der Waals surface area (Å²) in [5.74, 6) is -0.977. The van der Waals surface area contributed by atoms with E-state index in [0.29, 0.717) is 45.0 Å². The van der Waals surface area contributed by atoms with Crippen LogP contribution >= 0.6 is 0 Å². The Kier molecular flexibility index (Phi) is 8.13. The van der Waals surface area contributed by atoms with Crippen molar-refractivity contribution in [3.8, 4) is 0 Å². The zero-order chi connectivity index (χ0) is 29.5. The van der Waals surface area contributed by atoms with Gasteiger partial charge in [0.05, 0.1) is 35.8 Å². The van der Waals surface area contributed by atoms with Gasteiger partial charge < -0.3 is 19.4 Å². The second-order valence-corrected chi connectivity index (χ2v) is 10.7. The van der Waals surface area contributed by atoms with E-state index in [2.05, 4.69) is 0 Å².